The summed E-state index contributed by atoms with van der Waals surface area (Å²) in [6.07, 6.45) is 0. The van der Waals surface area contributed by atoms with Crippen molar-refractivity contribution in [2.24, 2.45) is 0 Å². The number of aryl methyl sites for hydroxylation is 1. The van der Waals surface area contributed by atoms with E-state index in [0.29, 0.717) is 5.56 Å². The Balaban J connectivity index is 2.15. The number of benzene rings is 1. The average molecular weight is 299 g/mol. The molecule has 2 aromatic rings. The van der Waals surface area contributed by atoms with Crippen molar-refractivity contribution < 1.29 is 9.59 Å². The number of fused-ring (bicyclic) bond motifs is 1. The first kappa shape index (κ1) is 15.9. The zero-order valence-electron chi connectivity index (χ0n) is 13.4. The molecule has 0 aliphatic heterocycles. The molecule has 0 aliphatic rings. The smallest absolute Gasteiger partial charge is 0.252 e. The van der Waals surface area contributed by atoms with Gasteiger partial charge in [0.25, 0.3) is 5.91 Å². The summed E-state index contributed by atoms with van der Waals surface area (Å²) >= 11 is 0. The fraction of sp³-hybridized carbons (Fsp3) is 0.353. The number of nitrogens with one attached hydrogen (secondary N) is 2. The van der Waals surface area contributed by atoms with Crippen LogP contribution in [0.2, 0.25) is 0 Å². The number of para-hydroxylation sites is 1. The second-order valence-corrected chi connectivity index (χ2v) is 6.31. The van der Waals surface area contributed by atoms with Crippen LogP contribution in [-0.2, 0) is 4.79 Å². The molecular weight excluding hydrogens is 278 g/mol. The van der Waals surface area contributed by atoms with Gasteiger partial charge in [0.05, 0.1) is 17.6 Å². The van der Waals surface area contributed by atoms with Crippen molar-refractivity contribution in [3.8, 4) is 0 Å². The van der Waals surface area contributed by atoms with Gasteiger partial charge in [-0.05, 0) is 39.8 Å². The molecule has 0 unspecified atom stereocenters. The highest BCUT2D eigenvalue weighted by Crippen LogP contribution is 2.17. The van der Waals surface area contributed by atoms with E-state index in [9.17, 15) is 9.59 Å². The van der Waals surface area contributed by atoms with Crippen molar-refractivity contribution in [1.82, 2.24) is 15.6 Å². The van der Waals surface area contributed by atoms with Crippen molar-refractivity contribution >= 4 is 22.7 Å². The van der Waals surface area contributed by atoms with Crippen LogP contribution in [0.25, 0.3) is 10.9 Å². The largest absolute Gasteiger partial charge is 0.350 e. The molecule has 1 aromatic heterocycles. The van der Waals surface area contributed by atoms with Gasteiger partial charge in [0, 0.05) is 16.6 Å². The second kappa shape index (κ2) is 6.13. The van der Waals surface area contributed by atoms with Gasteiger partial charge < -0.3 is 10.6 Å². The number of carbonyl (C=O) groups excluding carboxylic acids is 2. The number of pyridine rings is 1. The van der Waals surface area contributed by atoms with Gasteiger partial charge in [0.2, 0.25) is 5.91 Å². The summed E-state index contributed by atoms with van der Waals surface area (Å²) in [5.41, 5.74) is 1.75. The van der Waals surface area contributed by atoms with E-state index in [-0.39, 0.29) is 23.9 Å². The first-order valence-electron chi connectivity index (χ1n) is 7.22. The lowest BCUT2D eigenvalue weighted by atomic mass is 10.1. The minimum absolute atomic E-state index is 0.0498. The lowest BCUT2D eigenvalue weighted by molar-refractivity contribution is -0.121. The van der Waals surface area contributed by atoms with E-state index in [2.05, 4.69) is 15.6 Å². The van der Waals surface area contributed by atoms with Crippen LogP contribution in [0.5, 0.6) is 0 Å². The van der Waals surface area contributed by atoms with Gasteiger partial charge >= 0.3 is 0 Å². The van der Waals surface area contributed by atoms with Crippen LogP contribution in [0.4, 0.5) is 0 Å². The third-order valence-electron chi connectivity index (χ3n) is 3.01. The third kappa shape index (κ3) is 4.04. The van der Waals surface area contributed by atoms with E-state index >= 15 is 0 Å². The predicted molar refractivity (Wildman–Crippen MR) is 86.7 cm³/mol. The maximum atomic E-state index is 12.4. The number of hydrogen-bond acceptors (Lipinski definition) is 3. The molecule has 1 heterocycles. The van der Waals surface area contributed by atoms with Gasteiger partial charge in [0.15, 0.2) is 0 Å². The summed E-state index contributed by atoms with van der Waals surface area (Å²) in [5, 5.41) is 6.25. The maximum Gasteiger partial charge on any atom is 0.252 e. The Bertz CT molecular complexity index is 717. The zero-order chi connectivity index (χ0) is 16.3. The summed E-state index contributed by atoms with van der Waals surface area (Å²) in [5.74, 6) is -0.485. The average Bonchev–Trinajstić information content (AvgIpc) is 2.42. The van der Waals surface area contributed by atoms with Crippen molar-refractivity contribution in [3.63, 3.8) is 0 Å². The van der Waals surface area contributed by atoms with Gasteiger partial charge in [-0.3, -0.25) is 14.6 Å². The first-order chi connectivity index (χ1) is 10.3. The lowest BCUT2D eigenvalue weighted by Crippen LogP contribution is -2.45. The summed E-state index contributed by atoms with van der Waals surface area (Å²) in [4.78, 5) is 28.6. The van der Waals surface area contributed by atoms with Crippen LogP contribution in [0.1, 0.15) is 36.8 Å². The minimum Gasteiger partial charge on any atom is -0.350 e. The number of hydrogen-bond donors (Lipinski definition) is 2. The molecule has 5 heteroatoms. The van der Waals surface area contributed by atoms with Crippen LogP contribution < -0.4 is 10.6 Å². The number of nitrogens with zero attached hydrogens (tertiary/aromatic N) is 1. The van der Waals surface area contributed by atoms with Crippen LogP contribution in [0, 0.1) is 6.92 Å². The molecule has 2 rings (SSSR count). The van der Waals surface area contributed by atoms with Crippen LogP contribution >= 0.6 is 0 Å². The molecular formula is C17H21N3O2. The molecule has 0 radical (unpaired) electrons. The van der Waals surface area contributed by atoms with Gasteiger partial charge in [-0.2, -0.15) is 0 Å². The van der Waals surface area contributed by atoms with E-state index in [1.54, 1.807) is 6.07 Å². The Morgan fingerprint density at radius 1 is 1.18 bits per heavy atom. The van der Waals surface area contributed by atoms with Gasteiger partial charge in [-0.1, -0.05) is 18.2 Å². The molecule has 0 saturated heterocycles. The zero-order valence-corrected chi connectivity index (χ0v) is 13.4. The highest BCUT2D eigenvalue weighted by atomic mass is 16.2. The Morgan fingerprint density at radius 2 is 1.86 bits per heavy atom. The van der Waals surface area contributed by atoms with Crippen LogP contribution in [-0.4, -0.2) is 28.9 Å². The number of aromatic nitrogens is 1. The second-order valence-electron chi connectivity index (χ2n) is 6.31. The SMILES string of the molecule is Cc1cc(C(=O)NCC(=O)NC(C)(C)C)c2ccccc2n1. The molecule has 1 aromatic carbocycles. The molecule has 0 spiro atoms. The fourth-order valence-corrected chi connectivity index (χ4v) is 2.21. The molecule has 116 valence electrons. The number of carbonyl (C=O) groups is 2. The number of rotatable bonds is 3. The molecule has 0 saturated carbocycles. The van der Waals surface area contributed by atoms with Crippen molar-refractivity contribution in [1.29, 1.82) is 0 Å². The predicted octanol–water partition coefficient (Wildman–Crippen LogP) is 2.19. The summed E-state index contributed by atoms with van der Waals surface area (Å²) in [6, 6.07) is 9.20. The van der Waals surface area contributed by atoms with E-state index in [4.69, 9.17) is 0 Å². The van der Waals surface area contributed by atoms with Crippen molar-refractivity contribution in [2.45, 2.75) is 33.2 Å². The Hall–Kier alpha value is -2.43. The van der Waals surface area contributed by atoms with Crippen LogP contribution in [0.15, 0.2) is 30.3 Å². The molecule has 22 heavy (non-hydrogen) atoms. The monoisotopic (exact) mass is 299 g/mol. The molecule has 0 fully saturated rings. The first-order valence-corrected chi connectivity index (χ1v) is 7.22. The van der Waals surface area contributed by atoms with E-state index in [1.807, 2.05) is 52.0 Å². The number of amides is 2. The Labute approximate surface area is 130 Å². The van der Waals surface area contributed by atoms with E-state index in [1.165, 1.54) is 0 Å². The quantitative estimate of drug-likeness (QED) is 0.912. The van der Waals surface area contributed by atoms with Gasteiger partial charge in [0.1, 0.15) is 0 Å². The van der Waals surface area contributed by atoms with E-state index in [0.717, 1.165) is 16.6 Å². The Morgan fingerprint density at radius 3 is 2.55 bits per heavy atom. The summed E-state index contributed by atoms with van der Waals surface area (Å²) < 4.78 is 0. The summed E-state index contributed by atoms with van der Waals surface area (Å²) in [7, 11) is 0. The summed E-state index contributed by atoms with van der Waals surface area (Å²) in [6.45, 7) is 7.48. The fourth-order valence-electron chi connectivity index (χ4n) is 2.21. The normalized spacial score (nSPS) is 11.3. The molecule has 0 bridgehead atoms. The molecule has 2 amide bonds. The molecule has 5 nitrogen and oxygen atoms in total. The van der Waals surface area contributed by atoms with E-state index < -0.39 is 0 Å². The Kier molecular flexibility index (Phi) is 4.45. The lowest BCUT2D eigenvalue weighted by Gasteiger charge is -2.20. The standard InChI is InChI=1S/C17H21N3O2/c1-11-9-13(12-7-5-6-8-14(12)19-11)16(22)18-10-15(21)20-17(2,3)4/h5-9H,10H2,1-4H3,(H,18,22)(H,20,21). The minimum atomic E-state index is -0.318. The van der Waals surface area contributed by atoms with Gasteiger partial charge in [-0.25, -0.2) is 0 Å². The third-order valence-corrected chi connectivity index (χ3v) is 3.01. The highest BCUT2D eigenvalue weighted by Gasteiger charge is 2.16. The maximum absolute atomic E-state index is 12.4. The van der Waals surface area contributed by atoms with Crippen LogP contribution in [0.3, 0.4) is 0 Å². The van der Waals surface area contributed by atoms with Crippen molar-refractivity contribution in [3.05, 3.63) is 41.6 Å². The topological polar surface area (TPSA) is 71.1 Å². The molecule has 0 aliphatic carbocycles. The van der Waals surface area contributed by atoms with Crippen molar-refractivity contribution in [2.75, 3.05) is 6.54 Å². The van der Waals surface area contributed by atoms with Gasteiger partial charge in [-0.15, -0.1) is 0 Å². The molecule has 0 atom stereocenters. The molecule has 2 N–H and O–H groups in total. The highest BCUT2D eigenvalue weighted by molar-refractivity contribution is 6.07.